The topological polar surface area (TPSA) is 30.5 Å². The summed E-state index contributed by atoms with van der Waals surface area (Å²) in [5.41, 5.74) is 1.22. The second-order valence-corrected chi connectivity index (χ2v) is 5.60. The average Bonchev–Trinajstić information content (AvgIpc) is 3.23. The maximum absolute atomic E-state index is 6.07. The van der Waals surface area contributed by atoms with Gasteiger partial charge in [-0.25, -0.2) is 0 Å². The SMILES string of the molecule is COc1ccc(C(CNC(C)C)OCC2CC2)cc1. The van der Waals surface area contributed by atoms with E-state index >= 15 is 0 Å². The summed E-state index contributed by atoms with van der Waals surface area (Å²) in [5, 5.41) is 3.46. The van der Waals surface area contributed by atoms with Crippen LogP contribution >= 0.6 is 0 Å². The molecule has 1 N–H and O–H groups in total. The number of hydrogen-bond donors (Lipinski definition) is 1. The molecule has 0 heterocycles. The van der Waals surface area contributed by atoms with Gasteiger partial charge in [-0.15, -0.1) is 0 Å². The third kappa shape index (κ3) is 4.84. The van der Waals surface area contributed by atoms with E-state index in [-0.39, 0.29) is 6.10 Å². The minimum atomic E-state index is 0.133. The van der Waals surface area contributed by atoms with Crippen molar-refractivity contribution in [2.45, 2.75) is 38.8 Å². The highest BCUT2D eigenvalue weighted by Crippen LogP contribution is 2.31. The number of hydrogen-bond acceptors (Lipinski definition) is 3. The summed E-state index contributed by atoms with van der Waals surface area (Å²) in [7, 11) is 1.69. The minimum Gasteiger partial charge on any atom is -0.497 e. The highest BCUT2D eigenvalue weighted by Gasteiger charge is 2.23. The first kappa shape index (κ1) is 14.4. The van der Waals surface area contributed by atoms with Crippen molar-refractivity contribution >= 4 is 0 Å². The summed E-state index contributed by atoms with van der Waals surface area (Å²) in [4.78, 5) is 0. The quantitative estimate of drug-likeness (QED) is 0.781. The summed E-state index contributed by atoms with van der Waals surface area (Å²) >= 11 is 0. The highest BCUT2D eigenvalue weighted by atomic mass is 16.5. The fourth-order valence-corrected chi connectivity index (χ4v) is 1.97. The molecular formula is C16H25NO2. The smallest absolute Gasteiger partial charge is 0.118 e. The molecule has 0 spiro atoms. The Hall–Kier alpha value is -1.06. The van der Waals surface area contributed by atoms with Crippen molar-refractivity contribution in [3.8, 4) is 5.75 Å². The Labute approximate surface area is 116 Å². The third-order valence-corrected chi connectivity index (χ3v) is 3.43. The van der Waals surface area contributed by atoms with E-state index in [0.717, 1.165) is 24.8 Å². The molecule has 0 saturated heterocycles. The standard InChI is InChI=1S/C16H25NO2/c1-12(2)17-10-16(19-11-13-4-5-13)14-6-8-15(18-3)9-7-14/h6-9,12-13,16-17H,4-5,10-11H2,1-3H3. The van der Waals surface area contributed by atoms with Gasteiger partial charge >= 0.3 is 0 Å². The predicted octanol–water partition coefficient (Wildman–Crippen LogP) is 3.16. The molecule has 1 aliphatic carbocycles. The molecule has 1 aromatic carbocycles. The zero-order chi connectivity index (χ0) is 13.7. The summed E-state index contributed by atoms with van der Waals surface area (Å²) in [6.07, 6.45) is 2.79. The fraction of sp³-hybridized carbons (Fsp3) is 0.625. The molecule has 106 valence electrons. The van der Waals surface area contributed by atoms with E-state index < -0.39 is 0 Å². The van der Waals surface area contributed by atoms with Crippen LogP contribution in [0.25, 0.3) is 0 Å². The molecule has 1 atom stereocenters. The molecule has 3 nitrogen and oxygen atoms in total. The van der Waals surface area contributed by atoms with Gasteiger partial charge in [-0.05, 0) is 36.5 Å². The molecule has 1 unspecified atom stereocenters. The van der Waals surface area contributed by atoms with Gasteiger partial charge in [0.05, 0.1) is 19.8 Å². The van der Waals surface area contributed by atoms with Gasteiger partial charge in [-0.2, -0.15) is 0 Å². The van der Waals surface area contributed by atoms with Gasteiger partial charge in [-0.3, -0.25) is 0 Å². The fourth-order valence-electron chi connectivity index (χ4n) is 1.97. The number of benzene rings is 1. The summed E-state index contributed by atoms with van der Waals surface area (Å²) in [5.74, 6) is 1.68. The van der Waals surface area contributed by atoms with Crippen LogP contribution in [0, 0.1) is 5.92 Å². The lowest BCUT2D eigenvalue weighted by atomic mass is 10.1. The maximum Gasteiger partial charge on any atom is 0.118 e. The monoisotopic (exact) mass is 263 g/mol. The zero-order valence-electron chi connectivity index (χ0n) is 12.2. The molecule has 0 bridgehead atoms. The van der Waals surface area contributed by atoms with Crippen LogP contribution < -0.4 is 10.1 Å². The van der Waals surface area contributed by atoms with E-state index in [0.29, 0.717) is 6.04 Å². The van der Waals surface area contributed by atoms with E-state index in [9.17, 15) is 0 Å². The first-order valence-electron chi connectivity index (χ1n) is 7.18. The van der Waals surface area contributed by atoms with E-state index in [2.05, 4.69) is 31.3 Å². The normalized spacial score (nSPS) is 16.6. The first-order valence-corrected chi connectivity index (χ1v) is 7.18. The van der Waals surface area contributed by atoms with Gasteiger partial charge in [0.1, 0.15) is 5.75 Å². The molecule has 2 rings (SSSR count). The van der Waals surface area contributed by atoms with Crippen molar-refractivity contribution in [1.29, 1.82) is 0 Å². The van der Waals surface area contributed by atoms with Crippen LogP contribution in [0.4, 0.5) is 0 Å². The summed E-state index contributed by atoms with van der Waals surface area (Å²) in [6.45, 7) is 6.06. The minimum absolute atomic E-state index is 0.133. The van der Waals surface area contributed by atoms with Crippen molar-refractivity contribution in [3.05, 3.63) is 29.8 Å². The lowest BCUT2D eigenvalue weighted by Gasteiger charge is -2.20. The number of methoxy groups -OCH3 is 1. The maximum atomic E-state index is 6.07. The molecule has 1 aliphatic rings. The third-order valence-electron chi connectivity index (χ3n) is 3.43. The molecular weight excluding hydrogens is 238 g/mol. The number of ether oxygens (including phenoxy) is 2. The van der Waals surface area contributed by atoms with E-state index in [1.165, 1.54) is 18.4 Å². The molecule has 3 heteroatoms. The van der Waals surface area contributed by atoms with Crippen LogP contribution in [0.5, 0.6) is 5.75 Å². The second kappa shape index (κ2) is 6.92. The van der Waals surface area contributed by atoms with Crippen molar-refractivity contribution in [2.75, 3.05) is 20.3 Å². The Morgan fingerprint density at radius 3 is 2.42 bits per heavy atom. The van der Waals surface area contributed by atoms with Crippen LogP contribution in [-0.4, -0.2) is 26.3 Å². The largest absolute Gasteiger partial charge is 0.497 e. The molecule has 1 aromatic rings. The van der Waals surface area contributed by atoms with Crippen molar-refractivity contribution in [3.63, 3.8) is 0 Å². The average molecular weight is 263 g/mol. The Kier molecular flexibility index (Phi) is 5.23. The van der Waals surface area contributed by atoms with Crippen LogP contribution in [0.1, 0.15) is 38.4 Å². The van der Waals surface area contributed by atoms with Crippen LogP contribution in [-0.2, 0) is 4.74 Å². The van der Waals surface area contributed by atoms with Crippen molar-refractivity contribution < 1.29 is 9.47 Å². The molecule has 19 heavy (non-hydrogen) atoms. The van der Waals surface area contributed by atoms with Crippen LogP contribution in [0.15, 0.2) is 24.3 Å². The second-order valence-electron chi connectivity index (χ2n) is 5.60. The Balaban J connectivity index is 1.95. The summed E-state index contributed by atoms with van der Waals surface area (Å²) < 4.78 is 11.3. The van der Waals surface area contributed by atoms with Crippen LogP contribution in [0.3, 0.4) is 0 Å². The molecule has 0 aliphatic heterocycles. The molecule has 0 radical (unpaired) electrons. The van der Waals surface area contributed by atoms with Gasteiger partial charge in [0, 0.05) is 12.6 Å². The van der Waals surface area contributed by atoms with E-state index in [1.807, 2.05) is 12.1 Å². The van der Waals surface area contributed by atoms with Gasteiger partial charge in [0.15, 0.2) is 0 Å². The van der Waals surface area contributed by atoms with Crippen molar-refractivity contribution in [2.24, 2.45) is 5.92 Å². The molecule has 0 amide bonds. The first-order chi connectivity index (χ1) is 9.19. The lowest BCUT2D eigenvalue weighted by Crippen LogP contribution is -2.29. The van der Waals surface area contributed by atoms with Crippen molar-refractivity contribution in [1.82, 2.24) is 5.32 Å². The van der Waals surface area contributed by atoms with Gasteiger partial charge in [0.2, 0.25) is 0 Å². The van der Waals surface area contributed by atoms with E-state index in [4.69, 9.17) is 9.47 Å². The Morgan fingerprint density at radius 2 is 1.89 bits per heavy atom. The highest BCUT2D eigenvalue weighted by molar-refractivity contribution is 5.28. The van der Waals surface area contributed by atoms with Gasteiger partial charge in [0.25, 0.3) is 0 Å². The number of rotatable bonds is 8. The lowest BCUT2D eigenvalue weighted by molar-refractivity contribution is 0.0440. The predicted molar refractivity (Wildman–Crippen MR) is 77.5 cm³/mol. The van der Waals surface area contributed by atoms with Gasteiger partial charge in [-0.1, -0.05) is 26.0 Å². The molecule has 0 aromatic heterocycles. The Bertz CT molecular complexity index is 365. The Morgan fingerprint density at radius 1 is 1.21 bits per heavy atom. The van der Waals surface area contributed by atoms with Gasteiger partial charge < -0.3 is 14.8 Å². The zero-order valence-corrected chi connectivity index (χ0v) is 12.2. The molecule has 1 saturated carbocycles. The molecule has 1 fully saturated rings. The van der Waals surface area contributed by atoms with E-state index in [1.54, 1.807) is 7.11 Å². The summed E-state index contributed by atoms with van der Waals surface area (Å²) in [6, 6.07) is 8.66. The van der Waals surface area contributed by atoms with Crippen LogP contribution in [0.2, 0.25) is 0 Å². The number of nitrogens with one attached hydrogen (secondary N) is 1.